The van der Waals surface area contributed by atoms with E-state index in [0.29, 0.717) is 21.5 Å². The number of hydrogen-bond donors (Lipinski definition) is 0. The lowest BCUT2D eigenvalue weighted by Crippen LogP contribution is -1.89. The van der Waals surface area contributed by atoms with E-state index < -0.39 is 0 Å². The van der Waals surface area contributed by atoms with Crippen LogP contribution in [0, 0.1) is 24.1 Å². The average molecular weight is 306 g/mol. The molecule has 0 aliphatic carbocycles. The van der Waals surface area contributed by atoms with Gasteiger partial charge in [0.05, 0.1) is 16.1 Å². The number of rotatable bonds is 2. The minimum absolute atomic E-state index is 0.362. The fourth-order valence-corrected chi connectivity index (χ4v) is 1.84. The van der Waals surface area contributed by atoms with Crippen LogP contribution in [0.5, 0.6) is 11.5 Å². The van der Waals surface area contributed by atoms with Gasteiger partial charge in [0.1, 0.15) is 17.3 Å². The van der Waals surface area contributed by atoms with Gasteiger partial charge >= 0.3 is 0 Å². The zero-order valence-corrected chi connectivity index (χ0v) is 11.2. The highest BCUT2D eigenvalue weighted by molar-refractivity contribution is 9.10. The molecule has 0 saturated heterocycles. The van der Waals surface area contributed by atoms with Gasteiger partial charge in [-0.1, -0.05) is 0 Å². The normalized spacial score (nSPS) is 9.89. The summed E-state index contributed by atoms with van der Waals surface area (Å²) in [5.74, 6) is 0.607. The van der Waals surface area contributed by atoms with E-state index in [4.69, 9.17) is 10.00 Å². The largest absolute Gasteiger partial charge is 0.456 e. The summed E-state index contributed by atoms with van der Waals surface area (Å²) >= 11 is 3.29. The Labute approximate surface area is 113 Å². The van der Waals surface area contributed by atoms with Gasteiger partial charge < -0.3 is 4.74 Å². The molecule has 0 heterocycles. The number of nitriles is 1. The Morgan fingerprint density at radius 1 is 1.22 bits per heavy atom. The molecule has 2 aromatic rings. The second-order valence-electron chi connectivity index (χ2n) is 3.77. The summed E-state index contributed by atoms with van der Waals surface area (Å²) < 4.78 is 19.4. The van der Waals surface area contributed by atoms with E-state index in [1.165, 1.54) is 12.1 Å². The molecular formula is C14H9BrFNO. The minimum atomic E-state index is -0.362. The summed E-state index contributed by atoms with van der Waals surface area (Å²) in [7, 11) is 0. The van der Waals surface area contributed by atoms with Crippen molar-refractivity contribution in [3.63, 3.8) is 0 Å². The molecule has 0 aromatic heterocycles. The van der Waals surface area contributed by atoms with Crippen molar-refractivity contribution in [3.8, 4) is 17.6 Å². The quantitative estimate of drug-likeness (QED) is 0.815. The van der Waals surface area contributed by atoms with Gasteiger partial charge in [-0.3, -0.25) is 0 Å². The SMILES string of the molecule is Cc1cc(Oc2cc(F)ccc2Br)ccc1C#N. The summed E-state index contributed by atoms with van der Waals surface area (Å²) in [5, 5.41) is 8.83. The third-order valence-electron chi connectivity index (χ3n) is 2.44. The molecule has 0 N–H and O–H groups in total. The maximum absolute atomic E-state index is 13.1. The van der Waals surface area contributed by atoms with Crippen LogP contribution < -0.4 is 4.74 Å². The van der Waals surface area contributed by atoms with Crippen molar-refractivity contribution in [1.82, 2.24) is 0 Å². The Morgan fingerprint density at radius 3 is 2.67 bits per heavy atom. The predicted molar refractivity (Wildman–Crippen MR) is 70.1 cm³/mol. The van der Waals surface area contributed by atoms with Crippen molar-refractivity contribution < 1.29 is 9.13 Å². The molecule has 0 atom stereocenters. The molecule has 0 spiro atoms. The second kappa shape index (κ2) is 5.19. The first-order valence-corrected chi connectivity index (χ1v) is 6.03. The van der Waals surface area contributed by atoms with Crippen LogP contribution in [-0.4, -0.2) is 0 Å². The molecule has 18 heavy (non-hydrogen) atoms. The fraction of sp³-hybridized carbons (Fsp3) is 0.0714. The first-order chi connectivity index (χ1) is 8.60. The van der Waals surface area contributed by atoms with Crippen LogP contribution in [0.1, 0.15) is 11.1 Å². The summed E-state index contributed by atoms with van der Waals surface area (Å²) in [4.78, 5) is 0. The zero-order valence-electron chi connectivity index (χ0n) is 9.58. The summed E-state index contributed by atoms with van der Waals surface area (Å²) in [6.07, 6.45) is 0. The highest BCUT2D eigenvalue weighted by Gasteiger charge is 2.06. The number of ether oxygens (including phenoxy) is 1. The van der Waals surface area contributed by atoms with Gasteiger partial charge in [-0.2, -0.15) is 5.26 Å². The Bertz CT molecular complexity index is 634. The minimum Gasteiger partial charge on any atom is -0.456 e. The standard InChI is InChI=1S/C14H9BrFNO/c1-9-6-12(4-2-10(9)8-17)18-14-7-11(16)3-5-13(14)15/h2-7H,1H3. The Morgan fingerprint density at radius 2 is 2.00 bits per heavy atom. The lowest BCUT2D eigenvalue weighted by molar-refractivity contribution is 0.473. The first kappa shape index (κ1) is 12.6. The molecular weight excluding hydrogens is 297 g/mol. The van der Waals surface area contributed by atoms with Crippen molar-refractivity contribution in [2.24, 2.45) is 0 Å². The highest BCUT2D eigenvalue weighted by atomic mass is 79.9. The lowest BCUT2D eigenvalue weighted by Gasteiger charge is -2.09. The van der Waals surface area contributed by atoms with Gasteiger partial charge in [0.15, 0.2) is 0 Å². The van der Waals surface area contributed by atoms with E-state index in [1.54, 1.807) is 24.3 Å². The average Bonchev–Trinajstić information content (AvgIpc) is 2.34. The fourth-order valence-electron chi connectivity index (χ4n) is 1.51. The van der Waals surface area contributed by atoms with Crippen molar-refractivity contribution in [2.45, 2.75) is 6.92 Å². The summed E-state index contributed by atoms with van der Waals surface area (Å²) in [6, 6.07) is 11.4. The Balaban J connectivity index is 2.32. The number of halogens is 2. The van der Waals surface area contributed by atoms with Crippen LogP contribution in [0.2, 0.25) is 0 Å². The van der Waals surface area contributed by atoms with Crippen molar-refractivity contribution >= 4 is 15.9 Å². The van der Waals surface area contributed by atoms with Crippen LogP contribution in [0.25, 0.3) is 0 Å². The molecule has 0 amide bonds. The van der Waals surface area contributed by atoms with Crippen molar-refractivity contribution in [1.29, 1.82) is 5.26 Å². The molecule has 2 nitrogen and oxygen atoms in total. The predicted octanol–water partition coefficient (Wildman–Crippen LogP) is 4.56. The number of aryl methyl sites for hydroxylation is 1. The highest BCUT2D eigenvalue weighted by Crippen LogP contribution is 2.31. The molecule has 2 aromatic carbocycles. The lowest BCUT2D eigenvalue weighted by atomic mass is 10.1. The summed E-state index contributed by atoms with van der Waals surface area (Å²) in [5.41, 5.74) is 1.42. The van der Waals surface area contributed by atoms with Gasteiger partial charge in [-0.05, 0) is 58.7 Å². The maximum atomic E-state index is 13.1. The molecule has 2 rings (SSSR count). The molecule has 0 radical (unpaired) electrons. The monoisotopic (exact) mass is 305 g/mol. The van der Waals surface area contributed by atoms with Gasteiger partial charge in [-0.15, -0.1) is 0 Å². The summed E-state index contributed by atoms with van der Waals surface area (Å²) in [6.45, 7) is 1.83. The Hall–Kier alpha value is -1.86. The number of hydrogen-bond acceptors (Lipinski definition) is 2. The molecule has 0 bridgehead atoms. The molecule has 0 unspecified atom stereocenters. The second-order valence-corrected chi connectivity index (χ2v) is 4.62. The van der Waals surface area contributed by atoms with Crippen molar-refractivity contribution in [3.05, 3.63) is 57.8 Å². The van der Waals surface area contributed by atoms with Crippen LogP contribution >= 0.6 is 15.9 Å². The van der Waals surface area contributed by atoms with Crippen LogP contribution in [0.3, 0.4) is 0 Å². The molecule has 0 aliphatic heterocycles. The van der Waals surface area contributed by atoms with Crippen LogP contribution in [-0.2, 0) is 0 Å². The smallest absolute Gasteiger partial charge is 0.144 e. The molecule has 0 fully saturated rings. The van der Waals surface area contributed by atoms with Crippen LogP contribution in [0.15, 0.2) is 40.9 Å². The van der Waals surface area contributed by atoms with Gasteiger partial charge in [0.25, 0.3) is 0 Å². The van der Waals surface area contributed by atoms with Gasteiger partial charge in [-0.25, -0.2) is 4.39 Å². The molecule has 4 heteroatoms. The maximum Gasteiger partial charge on any atom is 0.144 e. The third-order valence-corrected chi connectivity index (χ3v) is 3.09. The van der Waals surface area contributed by atoms with E-state index in [0.717, 1.165) is 5.56 Å². The van der Waals surface area contributed by atoms with E-state index in [9.17, 15) is 4.39 Å². The molecule has 0 saturated carbocycles. The number of benzene rings is 2. The number of nitrogens with zero attached hydrogens (tertiary/aromatic N) is 1. The first-order valence-electron chi connectivity index (χ1n) is 5.24. The van der Waals surface area contributed by atoms with E-state index in [2.05, 4.69) is 22.0 Å². The molecule has 90 valence electrons. The van der Waals surface area contributed by atoms with Crippen molar-refractivity contribution in [2.75, 3.05) is 0 Å². The Kier molecular flexibility index (Phi) is 3.63. The van der Waals surface area contributed by atoms with E-state index >= 15 is 0 Å². The topological polar surface area (TPSA) is 33.0 Å². The van der Waals surface area contributed by atoms with Crippen LogP contribution in [0.4, 0.5) is 4.39 Å². The van der Waals surface area contributed by atoms with E-state index in [1.807, 2.05) is 6.92 Å². The van der Waals surface area contributed by atoms with Gasteiger partial charge in [0.2, 0.25) is 0 Å². The van der Waals surface area contributed by atoms with Gasteiger partial charge in [0, 0.05) is 6.07 Å². The zero-order chi connectivity index (χ0) is 13.1. The molecule has 0 aliphatic rings. The van der Waals surface area contributed by atoms with E-state index in [-0.39, 0.29) is 5.82 Å². The third kappa shape index (κ3) is 2.69.